The maximum Gasteiger partial charge on any atom is -0.0286 e. The molecule has 1 fully saturated rings. The summed E-state index contributed by atoms with van der Waals surface area (Å²) in [7, 11) is 0. The predicted octanol–water partition coefficient (Wildman–Crippen LogP) is 2.32. The summed E-state index contributed by atoms with van der Waals surface area (Å²) in [5.41, 5.74) is 1.72. The lowest BCUT2D eigenvalue weighted by atomic mass is 9.91. The lowest BCUT2D eigenvalue weighted by Gasteiger charge is -2.14. The van der Waals surface area contributed by atoms with Crippen LogP contribution in [0.25, 0.3) is 0 Å². The van der Waals surface area contributed by atoms with Gasteiger partial charge in [-0.1, -0.05) is 11.6 Å². The summed E-state index contributed by atoms with van der Waals surface area (Å²) >= 11 is 0. The second-order valence-electron chi connectivity index (χ2n) is 2.84. The van der Waals surface area contributed by atoms with Crippen LogP contribution in [0.3, 0.4) is 0 Å². The first kappa shape index (κ1) is 4.60. The van der Waals surface area contributed by atoms with Crippen molar-refractivity contribution in [1.82, 2.24) is 0 Å². The van der Waals surface area contributed by atoms with E-state index in [1.807, 2.05) is 0 Å². The third-order valence-corrected chi connectivity index (χ3v) is 2.20. The molecular formula is C8H11. The molecule has 0 amide bonds. The second-order valence-corrected chi connectivity index (χ2v) is 2.84. The van der Waals surface area contributed by atoms with Crippen molar-refractivity contribution in [2.75, 3.05) is 0 Å². The normalized spacial score (nSPS) is 35.0. The summed E-state index contributed by atoms with van der Waals surface area (Å²) < 4.78 is 0. The maximum absolute atomic E-state index is 2.48. The van der Waals surface area contributed by atoms with Crippen molar-refractivity contribution in [3.63, 3.8) is 0 Å². The van der Waals surface area contributed by atoms with Gasteiger partial charge in [-0.2, -0.15) is 0 Å². The van der Waals surface area contributed by atoms with Gasteiger partial charge in [-0.05, 0) is 38.0 Å². The van der Waals surface area contributed by atoms with E-state index in [1.54, 1.807) is 5.57 Å². The molecule has 0 spiro atoms. The van der Waals surface area contributed by atoms with Gasteiger partial charge >= 0.3 is 0 Å². The van der Waals surface area contributed by atoms with Crippen LogP contribution in [-0.2, 0) is 0 Å². The highest BCUT2D eigenvalue weighted by molar-refractivity contribution is 5.16. The zero-order valence-corrected chi connectivity index (χ0v) is 5.06. The Morgan fingerprint density at radius 1 is 1.50 bits per heavy atom. The van der Waals surface area contributed by atoms with Gasteiger partial charge in [-0.15, -0.1) is 0 Å². The van der Waals surface area contributed by atoms with E-state index in [4.69, 9.17) is 0 Å². The fourth-order valence-electron chi connectivity index (χ4n) is 1.71. The SMILES string of the molecule is [CH]1CCC2=CCC1C2. The Morgan fingerprint density at radius 2 is 2.50 bits per heavy atom. The molecular weight excluding hydrogens is 96.1 g/mol. The maximum atomic E-state index is 2.48. The molecule has 0 aliphatic heterocycles. The molecule has 1 atom stereocenters. The Hall–Kier alpha value is -0.260. The van der Waals surface area contributed by atoms with Crippen LogP contribution in [0.5, 0.6) is 0 Å². The van der Waals surface area contributed by atoms with E-state index < -0.39 is 0 Å². The Kier molecular flexibility index (Phi) is 0.927. The summed E-state index contributed by atoms with van der Waals surface area (Å²) in [5.74, 6) is 0.943. The highest BCUT2D eigenvalue weighted by Gasteiger charge is 2.20. The predicted molar refractivity (Wildman–Crippen MR) is 34.3 cm³/mol. The summed E-state index contributed by atoms with van der Waals surface area (Å²) in [4.78, 5) is 0. The minimum Gasteiger partial charge on any atom is -0.0850 e. The molecule has 8 heavy (non-hydrogen) atoms. The van der Waals surface area contributed by atoms with Gasteiger partial charge in [0.25, 0.3) is 0 Å². The van der Waals surface area contributed by atoms with Crippen LogP contribution < -0.4 is 0 Å². The van der Waals surface area contributed by atoms with Crippen molar-refractivity contribution in [2.45, 2.75) is 25.7 Å². The monoisotopic (exact) mass is 107 g/mol. The number of rotatable bonds is 0. The molecule has 1 saturated carbocycles. The molecule has 0 aromatic heterocycles. The Labute approximate surface area is 50.6 Å². The zero-order chi connectivity index (χ0) is 5.40. The minimum atomic E-state index is 0.943. The molecule has 1 radical (unpaired) electrons. The molecule has 2 bridgehead atoms. The first-order valence-electron chi connectivity index (χ1n) is 3.46. The zero-order valence-electron chi connectivity index (χ0n) is 5.06. The number of hydrogen-bond acceptors (Lipinski definition) is 0. The second kappa shape index (κ2) is 1.61. The molecule has 43 valence electrons. The number of allylic oxidation sites excluding steroid dienone is 2. The van der Waals surface area contributed by atoms with E-state index in [2.05, 4.69) is 12.5 Å². The molecule has 0 aromatic rings. The van der Waals surface area contributed by atoms with Crippen LogP contribution >= 0.6 is 0 Å². The van der Waals surface area contributed by atoms with E-state index in [-0.39, 0.29) is 0 Å². The van der Waals surface area contributed by atoms with Crippen molar-refractivity contribution < 1.29 is 0 Å². The average molecular weight is 107 g/mol. The first-order valence-corrected chi connectivity index (χ1v) is 3.46. The van der Waals surface area contributed by atoms with Gasteiger partial charge in [0.05, 0.1) is 0 Å². The minimum absolute atomic E-state index is 0.943. The van der Waals surface area contributed by atoms with E-state index in [0.717, 1.165) is 5.92 Å². The van der Waals surface area contributed by atoms with Crippen molar-refractivity contribution in [3.8, 4) is 0 Å². The number of fused-ring (bicyclic) bond motifs is 2. The van der Waals surface area contributed by atoms with Gasteiger partial charge in [-0.25, -0.2) is 0 Å². The molecule has 2 aliphatic rings. The molecule has 2 rings (SSSR count). The largest absolute Gasteiger partial charge is 0.0850 e. The van der Waals surface area contributed by atoms with Crippen LogP contribution in [0.4, 0.5) is 0 Å². The summed E-state index contributed by atoms with van der Waals surface area (Å²) in [5, 5.41) is 0. The van der Waals surface area contributed by atoms with Gasteiger partial charge < -0.3 is 0 Å². The molecule has 0 nitrogen and oxygen atoms in total. The molecule has 0 N–H and O–H groups in total. The molecule has 0 heteroatoms. The van der Waals surface area contributed by atoms with Crippen molar-refractivity contribution in [1.29, 1.82) is 0 Å². The fraction of sp³-hybridized carbons (Fsp3) is 0.625. The van der Waals surface area contributed by atoms with Crippen LogP contribution in [0.1, 0.15) is 25.7 Å². The van der Waals surface area contributed by atoms with Crippen molar-refractivity contribution in [3.05, 3.63) is 18.1 Å². The summed E-state index contributed by atoms with van der Waals surface area (Å²) in [6.45, 7) is 0. The Morgan fingerprint density at radius 3 is 3.25 bits per heavy atom. The third kappa shape index (κ3) is 0.594. The third-order valence-electron chi connectivity index (χ3n) is 2.20. The summed E-state index contributed by atoms with van der Waals surface area (Å²) in [6, 6.07) is 0. The standard InChI is InChI=1S/C8H11/c1-2-7-4-5-8(3-1)6-7/h2,5,7H,1,3-4,6H2. The van der Waals surface area contributed by atoms with Gasteiger partial charge in [-0.3, -0.25) is 0 Å². The highest BCUT2D eigenvalue weighted by atomic mass is 14.3. The van der Waals surface area contributed by atoms with Crippen LogP contribution in [-0.4, -0.2) is 0 Å². The highest BCUT2D eigenvalue weighted by Crippen LogP contribution is 2.35. The van der Waals surface area contributed by atoms with Crippen LogP contribution in [0.15, 0.2) is 11.6 Å². The molecule has 0 saturated heterocycles. The van der Waals surface area contributed by atoms with Gasteiger partial charge in [0.15, 0.2) is 0 Å². The van der Waals surface area contributed by atoms with E-state index in [0.29, 0.717) is 0 Å². The molecule has 2 aliphatic carbocycles. The van der Waals surface area contributed by atoms with Gasteiger partial charge in [0, 0.05) is 0 Å². The molecule has 0 heterocycles. The van der Waals surface area contributed by atoms with E-state index in [1.165, 1.54) is 25.7 Å². The lowest BCUT2D eigenvalue weighted by Crippen LogP contribution is -2.00. The van der Waals surface area contributed by atoms with Crippen molar-refractivity contribution in [2.24, 2.45) is 5.92 Å². The first-order chi connectivity index (χ1) is 3.95. The average Bonchev–Trinajstić information content (AvgIpc) is 2.12. The van der Waals surface area contributed by atoms with Gasteiger partial charge in [0.2, 0.25) is 0 Å². The van der Waals surface area contributed by atoms with E-state index in [9.17, 15) is 0 Å². The Bertz CT molecular complexity index is 122. The fourth-order valence-corrected chi connectivity index (χ4v) is 1.71. The van der Waals surface area contributed by atoms with Crippen LogP contribution in [0.2, 0.25) is 0 Å². The van der Waals surface area contributed by atoms with E-state index >= 15 is 0 Å². The van der Waals surface area contributed by atoms with Crippen LogP contribution in [0, 0.1) is 12.3 Å². The summed E-state index contributed by atoms with van der Waals surface area (Å²) in [6.07, 6.45) is 10.3. The quantitative estimate of drug-likeness (QED) is 0.417. The van der Waals surface area contributed by atoms with Gasteiger partial charge in [0.1, 0.15) is 0 Å². The van der Waals surface area contributed by atoms with Crippen molar-refractivity contribution >= 4 is 0 Å². The number of hydrogen-bond donors (Lipinski definition) is 0. The lowest BCUT2D eigenvalue weighted by molar-refractivity contribution is 0.571. The molecule has 1 unspecified atom stereocenters. The Balaban J connectivity index is 2.15. The topological polar surface area (TPSA) is 0 Å². The molecule has 0 aromatic carbocycles. The smallest absolute Gasteiger partial charge is 0.0286 e.